The summed E-state index contributed by atoms with van der Waals surface area (Å²) in [5.74, 6) is 0.895. The number of carbonyl (C=O) groups is 1. The van der Waals surface area contributed by atoms with Crippen LogP contribution in [0.1, 0.15) is 48.1 Å². The van der Waals surface area contributed by atoms with Gasteiger partial charge in [0.15, 0.2) is 5.65 Å². The minimum Gasteiger partial charge on any atom is -0.357 e. The molecular weight excluding hydrogens is 392 g/mol. The fourth-order valence-corrected chi connectivity index (χ4v) is 4.38. The van der Waals surface area contributed by atoms with Crippen molar-refractivity contribution in [3.63, 3.8) is 0 Å². The van der Waals surface area contributed by atoms with Gasteiger partial charge in [-0.25, -0.2) is 9.97 Å². The lowest BCUT2D eigenvalue weighted by Gasteiger charge is -2.21. The van der Waals surface area contributed by atoms with Gasteiger partial charge >= 0.3 is 0 Å². The van der Waals surface area contributed by atoms with Gasteiger partial charge in [-0.3, -0.25) is 19.4 Å². The molecule has 0 aliphatic carbocycles. The standard InChI is InChI=1S/C23H30N6O2/c1-15-18(16(2)26-22-21(15)23(31)27-28(22)3)13-20(30)25-14-17-8-9-24-19(12-17)29-10-6-4-5-7-11-29/h8-9,12H,4-7,10-11,13-14H2,1-3H3,(H,25,30)(H,27,31). The molecule has 0 atom stereocenters. The highest BCUT2D eigenvalue weighted by atomic mass is 16.1. The highest BCUT2D eigenvalue weighted by Crippen LogP contribution is 2.21. The van der Waals surface area contributed by atoms with Gasteiger partial charge in [0, 0.05) is 38.6 Å². The molecule has 0 radical (unpaired) electrons. The monoisotopic (exact) mass is 422 g/mol. The van der Waals surface area contributed by atoms with E-state index in [1.165, 1.54) is 25.7 Å². The maximum Gasteiger partial charge on any atom is 0.273 e. The van der Waals surface area contributed by atoms with Gasteiger partial charge in [0.05, 0.1) is 11.8 Å². The van der Waals surface area contributed by atoms with Crippen LogP contribution in [-0.4, -0.2) is 38.7 Å². The summed E-state index contributed by atoms with van der Waals surface area (Å²) in [5.41, 5.74) is 3.85. The summed E-state index contributed by atoms with van der Waals surface area (Å²) < 4.78 is 1.62. The van der Waals surface area contributed by atoms with Crippen molar-refractivity contribution in [2.45, 2.75) is 52.5 Å². The van der Waals surface area contributed by atoms with E-state index in [9.17, 15) is 9.59 Å². The van der Waals surface area contributed by atoms with Crippen molar-refractivity contribution < 1.29 is 4.79 Å². The number of pyridine rings is 2. The van der Waals surface area contributed by atoms with Gasteiger partial charge in [-0.05, 0) is 55.5 Å². The average Bonchev–Trinajstić information content (AvgIpc) is 2.93. The Hall–Kier alpha value is -3.16. The summed E-state index contributed by atoms with van der Waals surface area (Å²) in [5, 5.41) is 6.29. The third kappa shape index (κ3) is 4.47. The molecule has 3 aromatic heterocycles. The zero-order valence-corrected chi connectivity index (χ0v) is 18.5. The number of amides is 1. The van der Waals surface area contributed by atoms with E-state index < -0.39 is 0 Å². The number of aromatic amines is 1. The molecule has 4 heterocycles. The van der Waals surface area contributed by atoms with Gasteiger partial charge in [0.2, 0.25) is 5.91 Å². The van der Waals surface area contributed by atoms with Crippen LogP contribution in [0.25, 0.3) is 11.0 Å². The first-order valence-electron chi connectivity index (χ1n) is 11.0. The maximum absolute atomic E-state index is 12.7. The van der Waals surface area contributed by atoms with Crippen molar-refractivity contribution in [1.82, 2.24) is 25.1 Å². The van der Waals surface area contributed by atoms with Crippen LogP contribution in [0.2, 0.25) is 0 Å². The summed E-state index contributed by atoms with van der Waals surface area (Å²) in [6.45, 7) is 6.28. The number of rotatable bonds is 5. The Bertz CT molecular complexity index is 1150. The topological polar surface area (TPSA) is 95.9 Å². The van der Waals surface area contributed by atoms with Crippen LogP contribution < -0.4 is 15.8 Å². The predicted octanol–water partition coefficient (Wildman–Crippen LogP) is 2.51. The lowest BCUT2D eigenvalue weighted by atomic mass is 10.0. The van der Waals surface area contributed by atoms with Crippen molar-refractivity contribution in [3.8, 4) is 0 Å². The number of nitrogens with zero attached hydrogens (tertiary/aromatic N) is 4. The highest BCUT2D eigenvalue weighted by molar-refractivity contribution is 5.84. The Balaban J connectivity index is 1.45. The summed E-state index contributed by atoms with van der Waals surface area (Å²) in [7, 11) is 1.76. The van der Waals surface area contributed by atoms with Crippen molar-refractivity contribution in [3.05, 3.63) is 51.1 Å². The first-order chi connectivity index (χ1) is 14.9. The molecule has 0 bridgehead atoms. The molecule has 164 valence electrons. The van der Waals surface area contributed by atoms with Crippen molar-refractivity contribution in [1.29, 1.82) is 0 Å². The van der Waals surface area contributed by atoms with Gasteiger partial charge in [-0.2, -0.15) is 0 Å². The van der Waals surface area contributed by atoms with Gasteiger partial charge in [0.25, 0.3) is 5.56 Å². The van der Waals surface area contributed by atoms with Gasteiger partial charge < -0.3 is 10.2 Å². The van der Waals surface area contributed by atoms with Crippen LogP contribution in [0.3, 0.4) is 0 Å². The summed E-state index contributed by atoms with van der Waals surface area (Å²) >= 11 is 0. The van der Waals surface area contributed by atoms with Crippen molar-refractivity contribution in [2.75, 3.05) is 18.0 Å². The zero-order chi connectivity index (χ0) is 22.0. The molecular formula is C23H30N6O2. The SMILES string of the molecule is Cc1nc2c(c(C)c1CC(=O)NCc1ccnc(N3CCCCCC3)c1)c(=O)[nH]n2C. The zero-order valence-electron chi connectivity index (χ0n) is 18.5. The third-order valence-corrected chi connectivity index (χ3v) is 6.14. The number of hydrogen-bond acceptors (Lipinski definition) is 5. The Kier molecular flexibility index (Phi) is 6.06. The van der Waals surface area contributed by atoms with E-state index in [4.69, 9.17) is 0 Å². The minimum atomic E-state index is -0.179. The molecule has 1 fully saturated rings. The number of fused-ring (bicyclic) bond motifs is 1. The predicted molar refractivity (Wildman–Crippen MR) is 121 cm³/mol. The quantitative estimate of drug-likeness (QED) is 0.659. The van der Waals surface area contributed by atoms with E-state index in [-0.39, 0.29) is 17.9 Å². The molecule has 1 aliphatic heterocycles. The van der Waals surface area contributed by atoms with Crippen LogP contribution in [-0.2, 0) is 24.8 Å². The maximum atomic E-state index is 12.7. The molecule has 1 amide bonds. The van der Waals surface area contributed by atoms with Crippen LogP contribution in [0.15, 0.2) is 23.1 Å². The molecule has 8 nitrogen and oxygen atoms in total. The van der Waals surface area contributed by atoms with Crippen LogP contribution in [0.4, 0.5) is 5.82 Å². The lowest BCUT2D eigenvalue weighted by molar-refractivity contribution is -0.120. The molecule has 1 saturated heterocycles. The third-order valence-electron chi connectivity index (χ3n) is 6.14. The first-order valence-corrected chi connectivity index (χ1v) is 11.0. The molecule has 2 N–H and O–H groups in total. The number of H-pyrrole nitrogens is 1. The molecule has 31 heavy (non-hydrogen) atoms. The van der Waals surface area contributed by atoms with E-state index in [1.54, 1.807) is 11.7 Å². The lowest BCUT2D eigenvalue weighted by Crippen LogP contribution is -2.27. The van der Waals surface area contributed by atoms with Gasteiger partial charge in [0.1, 0.15) is 5.82 Å². The van der Waals surface area contributed by atoms with Crippen LogP contribution in [0.5, 0.6) is 0 Å². The average molecular weight is 423 g/mol. The molecule has 8 heteroatoms. The Morgan fingerprint density at radius 2 is 1.94 bits per heavy atom. The molecule has 0 saturated carbocycles. The van der Waals surface area contributed by atoms with E-state index in [0.29, 0.717) is 17.6 Å². The Labute approximate surface area is 181 Å². The van der Waals surface area contributed by atoms with Gasteiger partial charge in [-0.1, -0.05) is 12.8 Å². The second kappa shape index (κ2) is 8.91. The summed E-state index contributed by atoms with van der Waals surface area (Å²) in [6, 6.07) is 4.01. The number of aromatic nitrogens is 4. The number of anilines is 1. The normalized spacial score (nSPS) is 14.6. The largest absolute Gasteiger partial charge is 0.357 e. The van der Waals surface area contributed by atoms with Crippen LogP contribution >= 0.6 is 0 Å². The second-order valence-electron chi connectivity index (χ2n) is 8.38. The second-order valence-corrected chi connectivity index (χ2v) is 8.38. The molecule has 3 aromatic rings. The molecule has 0 aromatic carbocycles. The number of carbonyl (C=O) groups excluding carboxylic acids is 1. The van der Waals surface area contributed by atoms with E-state index in [1.807, 2.05) is 26.1 Å². The number of aryl methyl sites for hydroxylation is 3. The fraction of sp³-hybridized carbons (Fsp3) is 0.478. The number of hydrogen-bond donors (Lipinski definition) is 2. The molecule has 4 rings (SSSR count). The van der Waals surface area contributed by atoms with E-state index in [2.05, 4.69) is 31.3 Å². The minimum absolute atomic E-state index is 0.0900. The number of nitrogens with one attached hydrogen (secondary N) is 2. The van der Waals surface area contributed by atoms with Gasteiger partial charge in [-0.15, -0.1) is 0 Å². The molecule has 0 unspecified atom stereocenters. The summed E-state index contributed by atoms with van der Waals surface area (Å²) in [4.78, 5) is 36.3. The highest BCUT2D eigenvalue weighted by Gasteiger charge is 2.17. The smallest absolute Gasteiger partial charge is 0.273 e. The summed E-state index contributed by atoms with van der Waals surface area (Å²) in [6.07, 6.45) is 6.96. The van der Waals surface area contributed by atoms with Crippen LogP contribution in [0, 0.1) is 13.8 Å². The van der Waals surface area contributed by atoms with Crippen molar-refractivity contribution >= 4 is 22.8 Å². The first kappa shape index (κ1) is 21.1. The molecule has 0 spiro atoms. The van der Waals surface area contributed by atoms with E-state index in [0.717, 1.165) is 41.3 Å². The Morgan fingerprint density at radius 1 is 1.19 bits per heavy atom. The Morgan fingerprint density at radius 3 is 2.68 bits per heavy atom. The van der Waals surface area contributed by atoms with E-state index >= 15 is 0 Å². The molecule has 1 aliphatic rings. The van der Waals surface area contributed by atoms with Crippen molar-refractivity contribution in [2.24, 2.45) is 7.05 Å². The fourth-order valence-electron chi connectivity index (χ4n) is 4.38.